The van der Waals surface area contributed by atoms with Gasteiger partial charge in [0.15, 0.2) is 0 Å². The van der Waals surface area contributed by atoms with Crippen LogP contribution in [0.2, 0.25) is 0 Å². The maximum absolute atomic E-state index is 5.50. The molecule has 16 heavy (non-hydrogen) atoms. The van der Waals surface area contributed by atoms with Crippen LogP contribution < -0.4 is 5.73 Å². The second-order valence-electron chi connectivity index (χ2n) is 3.64. The Morgan fingerprint density at radius 1 is 1.25 bits per heavy atom. The zero-order chi connectivity index (χ0) is 11.8. The van der Waals surface area contributed by atoms with Gasteiger partial charge in [0.2, 0.25) is 17.3 Å². The Morgan fingerprint density at radius 3 is 2.56 bits per heavy atom. The Hall–Kier alpha value is -1.96. The highest BCUT2D eigenvalue weighted by atomic mass is 16.6. The van der Waals surface area contributed by atoms with Crippen LogP contribution in [-0.4, -0.2) is 27.6 Å². The fraction of sp³-hybridized carbons (Fsp3) is 0.500. The van der Waals surface area contributed by atoms with Gasteiger partial charge in [-0.3, -0.25) is 0 Å². The minimum atomic E-state index is -0.645. The van der Waals surface area contributed by atoms with E-state index in [4.69, 9.17) is 15.0 Å². The summed E-state index contributed by atoms with van der Waals surface area (Å²) >= 11 is 0. The first-order valence-electron chi connectivity index (χ1n) is 4.52. The normalized spacial score (nSPS) is 11.9. The van der Waals surface area contributed by atoms with Gasteiger partial charge in [-0.15, -0.1) is 0 Å². The lowest BCUT2D eigenvalue weighted by Crippen LogP contribution is -2.21. The Balaban J connectivity index is 2.37. The summed E-state index contributed by atoms with van der Waals surface area (Å²) in [4.78, 5) is 4.11. The van der Waals surface area contributed by atoms with Gasteiger partial charge in [-0.25, -0.2) is 4.63 Å². The summed E-state index contributed by atoms with van der Waals surface area (Å²) in [7, 11) is 1.56. The quantitative estimate of drug-likeness (QED) is 0.806. The smallest absolute Gasteiger partial charge is 0.284 e. The monoisotopic (exact) mass is 225 g/mol. The number of nitrogens with zero attached hydrogens (tertiary/aromatic N) is 4. The van der Waals surface area contributed by atoms with Crippen molar-refractivity contribution in [3.05, 3.63) is 5.82 Å². The molecule has 0 aromatic carbocycles. The van der Waals surface area contributed by atoms with Crippen LogP contribution in [-0.2, 0) is 10.3 Å². The predicted octanol–water partition coefficient (Wildman–Crippen LogP) is 0.583. The van der Waals surface area contributed by atoms with Crippen molar-refractivity contribution in [2.75, 3.05) is 12.8 Å². The van der Waals surface area contributed by atoms with Gasteiger partial charge in [0.1, 0.15) is 5.60 Å². The van der Waals surface area contributed by atoms with Crippen LogP contribution in [0, 0.1) is 0 Å². The highest BCUT2D eigenvalue weighted by Crippen LogP contribution is 2.25. The molecule has 0 saturated heterocycles. The van der Waals surface area contributed by atoms with Crippen molar-refractivity contribution >= 4 is 5.82 Å². The molecule has 0 aliphatic rings. The summed E-state index contributed by atoms with van der Waals surface area (Å²) in [6.45, 7) is 3.62. The molecule has 86 valence electrons. The van der Waals surface area contributed by atoms with Crippen molar-refractivity contribution in [3.63, 3.8) is 0 Å². The van der Waals surface area contributed by atoms with Crippen molar-refractivity contribution in [3.8, 4) is 11.6 Å². The van der Waals surface area contributed by atoms with Crippen LogP contribution in [0.3, 0.4) is 0 Å². The van der Waals surface area contributed by atoms with E-state index in [1.165, 1.54) is 0 Å². The number of nitrogen functional groups attached to an aromatic ring is 1. The molecular weight excluding hydrogens is 214 g/mol. The zero-order valence-electron chi connectivity index (χ0n) is 9.09. The number of ether oxygens (including phenoxy) is 1. The lowest BCUT2D eigenvalue weighted by molar-refractivity contribution is 0.00973. The lowest BCUT2D eigenvalue weighted by Gasteiger charge is -2.17. The third kappa shape index (κ3) is 1.63. The standard InChI is InChI=1S/C8H11N5O3/c1-8(2,14-3)7-10-6(15-13-7)4-5(9)12-16-11-4/h1-3H3,(H2,9,12). The van der Waals surface area contributed by atoms with Crippen LogP contribution >= 0.6 is 0 Å². The second kappa shape index (κ2) is 3.56. The van der Waals surface area contributed by atoms with Gasteiger partial charge >= 0.3 is 0 Å². The molecule has 2 N–H and O–H groups in total. The van der Waals surface area contributed by atoms with Crippen molar-refractivity contribution in [1.29, 1.82) is 0 Å². The van der Waals surface area contributed by atoms with E-state index in [2.05, 4.69) is 25.1 Å². The number of methoxy groups -OCH3 is 1. The summed E-state index contributed by atoms with van der Waals surface area (Å²) in [5, 5.41) is 10.8. The Morgan fingerprint density at radius 2 is 2.00 bits per heavy atom. The number of hydrogen-bond donors (Lipinski definition) is 1. The molecule has 2 aromatic rings. The molecular formula is C8H11N5O3. The van der Waals surface area contributed by atoms with Gasteiger partial charge in [0, 0.05) is 7.11 Å². The summed E-state index contributed by atoms with van der Waals surface area (Å²) in [6, 6.07) is 0. The first-order valence-corrected chi connectivity index (χ1v) is 4.52. The molecule has 0 aliphatic carbocycles. The first kappa shape index (κ1) is 10.6. The third-order valence-electron chi connectivity index (χ3n) is 2.19. The van der Waals surface area contributed by atoms with Crippen LogP contribution in [0.15, 0.2) is 9.15 Å². The zero-order valence-corrected chi connectivity index (χ0v) is 9.09. The third-order valence-corrected chi connectivity index (χ3v) is 2.19. The maximum Gasteiger partial charge on any atom is 0.284 e. The SMILES string of the molecule is COC(C)(C)c1noc(-c2nonc2N)n1. The number of hydrogen-bond acceptors (Lipinski definition) is 8. The number of nitrogens with two attached hydrogens (primary N) is 1. The van der Waals surface area contributed by atoms with E-state index in [0.717, 1.165) is 0 Å². The topological polar surface area (TPSA) is 113 Å². The molecule has 0 fully saturated rings. The Kier molecular flexibility index (Phi) is 2.35. The molecule has 2 heterocycles. The van der Waals surface area contributed by atoms with Gasteiger partial charge in [0.25, 0.3) is 5.89 Å². The van der Waals surface area contributed by atoms with Crippen LogP contribution in [0.1, 0.15) is 19.7 Å². The van der Waals surface area contributed by atoms with Crippen LogP contribution in [0.5, 0.6) is 0 Å². The minimum Gasteiger partial charge on any atom is -0.379 e. The Bertz CT molecular complexity index is 489. The molecule has 0 bridgehead atoms. The van der Waals surface area contributed by atoms with E-state index in [9.17, 15) is 0 Å². The van der Waals surface area contributed by atoms with Gasteiger partial charge < -0.3 is 15.0 Å². The maximum atomic E-state index is 5.50. The van der Waals surface area contributed by atoms with E-state index in [-0.39, 0.29) is 17.4 Å². The molecule has 0 atom stereocenters. The van der Waals surface area contributed by atoms with Gasteiger partial charge in [-0.2, -0.15) is 4.98 Å². The molecule has 8 nitrogen and oxygen atoms in total. The average molecular weight is 225 g/mol. The molecule has 0 radical (unpaired) electrons. The summed E-state index contributed by atoms with van der Waals surface area (Å²) < 4.78 is 14.6. The van der Waals surface area contributed by atoms with E-state index in [1.54, 1.807) is 7.11 Å². The molecule has 2 aromatic heterocycles. The van der Waals surface area contributed by atoms with Crippen LogP contribution in [0.4, 0.5) is 5.82 Å². The highest BCUT2D eigenvalue weighted by molar-refractivity contribution is 5.60. The number of rotatable bonds is 3. The van der Waals surface area contributed by atoms with Crippen molar-refractivity contribution in [2.24, 2.45) is 0 Å². The molecule has 0 amide bonds. The number of aromatic nitrogens is 4. The van der Waals surface area contributed by atoms with E-state index in [1.807, 2.05) is 13.8 Å². The fourth-order valence-electron chi connectivity index (χ4n) is 0.999. The van der Waals surface area contributed by atoms with E-state index in [0.29, 0.717) is 5.82 Å². The summed E-state index contributed by atoms with van der Waals surface area (Å²) in [5.74, 6) is 0.650. The van der Waals surface area contributed by atoms with Gasteiger partial charge in [-0.1, -0.05) is 5.16 Å². The van der Waals surface area contributed by atoms with Crippen molar-refractivity contribution in [1.82, 2.24) is 20.5 Å². The molecule has 0 saturated carbocycles. The first-order chi connectivity index (χ1) is 7.54. The van der Waals surface area contributed by atoms with E-state index >= 15 is 0 Å². The highest BCUT2D eigenvalue weighted by Gasteiger charge is 2.28. The largest absolute Gasteiger partial charge is 0.379 e. The van der Waals surface area contributed by atoms with Crippen molar-refractivity contribution < 1.29 is 13.9 Å². The Labute approximate surface area is 90.7 Å². The summed E-state index contributed by atoms with van der Waals surface area (Å²) in [5.41, 5.74) is 5.08. The lowest BCUT2D eigenvalue weighted by atomic mass is 10.1. The van der Waals surface area contributed by atoms with Gasteiger partial charge in [0.05, 0.1) is 0 Å². The second-order valence-corrected chi connectivity index (χ2v) is 3.64. The summed E-state index contributed by atoms with van der Waals surface area (Å²) in [6.07, 6.45) is 0. The molecule has 0 spiro atoms. The molecule has 0 aliphatic heterocycles. The van der Waals surface area contributed by atoms with Gasteiger partial charge in [-0.05, 0) is 24.2 Å². The van der Waals surface area contributed by atoms with Crippen molar-refractivity contribution in [2.45, 2.75) is 19.4 Å². The van der Waals surface area contributed by atoms with E-state index < -0.39 is 5.60 Å². The minimum absolute atomic E-state index is 0.102. The fourth-order valence-corrected chi connectivity index (χ4v) is 0.999. The molecule has 8 heteroatoms. The average Bonchev–Trinajstić information content (AvgIpc) is 2.85. The predicted molar refractivity (Wildman–Crippen MR) is 52.0 cm³/mol. The van der Waals surface area contributed by atoms with Crippen LogP contribution in [0.25, 0.3) is 11.6 Å². The number of anilines is 1. The molecule has 0 unspecified atom stereocenters. The molecule has 2 rings (SSSR count).